The monoisotopic (exact) mass is 223 g/mol. The molecule has 2 N–H and O–H groups in total. The molecule has 0 aromatic carbocycles. The second-order valence-electron chi connectivity index (χ2n) is 6.43. The summed E-state index contributed by atoms with van der Waals surface area (Å²) in [7, 11) is 0. The second kappa shape index (κ2) is 3.99. The van der Waals surface area contributed by atoms with Crippen LogP contribution in [-0.2, 0) is 0 Å². The predicted molar refractivity (Wildman–Crippen MR) is 65.2 cm³/mol. The largest absolute Gasteiger partial charge is 0.394 e. The highest BCUT2D eigenvalue weighted by Gasteiger charge is 2.56. The molecule has 4 aliphatic carbocycles. The average molecular weight is 223 g/mol. The van der Waals surface area contributed by atoms with Gasteiger partial charge in [-0.25, -0.2) is 0 Å². The van der Waals surface area contributed by atoms with E-state index in [1.807, 2.05) is 0 Å². The van der Waals surface area contributed by atoms with Crippen molar-refractivity contribution in [1.82, 2.24) is 5.32 Å². The molecule has 0 radical (unpaired) electrons. The highest BCUT2D eigenvalue weighted by molar-refractivity contribution is 5.10. The number of hydrogen-bond acceptors (Lipinski definition) is 2. The number of rotatable bonds is 4. The van der Waals surface area contributed by atoms with Gasteiger partial charge in [0.1, 0.15) is 0 Å². The van der Waals surface area contributed by atoms with E-state index in [0.29, 0.717) is 6.61 Å². The molecule has 4 rings (SSSR count). The molecular weight excluding hydrogens is 198 g/mol. The van der Waals surface area contributed by atoms with E-state index in [2.05, 4.69) is 12.2 Å². The Kier molecular flexibility index (Phi) is 2.75. The van der Waals surface area contributed by atoms with Gasteiger partial charge in [-0.05, 0) is 68.7 Å². The summed E-state index contributed by atoms with van der Waals surface area (Å²) < 4.78 is 0. The molecule has 2 nitrogen and oxygen atoms in total. The van der Waals surface area contributed by atoms with E-state index in [9.17, 15) is 5.11 Å². The predicted octanol–water partition coefficient (Wildman–Crippen LogP) is 2.17. The fraction of sp³-hybridized carbons (Fsp3) is 1.00. The summed E-state index contributed by atoms with van der Waals surface area (Å²) in [6, 6.07) is 0. The zero-order chi connectivity index (χ0) is 11.2. The van der Waals surface area contributed by atoms with Gasteiger partial charge < -0.3 is 10.4 Å². The van der Waals surface area contributed by atoms with E-state index in [1.54, 1.807) is 0 Å². The van der Waals surface area contributed by atoms with Gasteiger partial charge in [0.15, 0.2) is 0 Å². The summed E-state index contributed by atoms with van der Waals surface area (Å²) in [6.07, 6.45) is 8.18. The Bertz CT molecular complexity index is 235. The standard InChI is InChI=1S/C14H25NO/c1-2-3-15-14(9-16)12-5-10-4-11(7-12)8-13(14)6-10/h10-13,15-16H,2-9H2,1H3. The molecule has 16 heavy (non-hydrogen) atoms. The lowest BCUT2D eigenvalue weighted by molar-refractivity contribution is -0.0949. The molecular formula is C14H25NO. The van der Waals surface area contributed by atoms with Gasteiger partial charge in [0.25, 0.3) is 0 Å². The minimum atomic E-state index is 0.101. The van der Waals surface area contributed by atoms with Crippen molar-refractivity contribution >= 4 is 0 Å². The third-order valence-corrected chi connectivity index (χ3v) is 5.56. The Labute approximate surface area is 98.8 Å². The molecule has 4 aliphatic rings. The maximum Gasteiger partial charge on any atom is 0.0618 e. The quantitative estimate of drug-likeness (QED) is 0.765. The summed E-state index contributed by atoms with van der Waals surface area (Å²) in [5.41, 5.74) is 0.101. The third-order valence-electron chi connectivity index (χ3n) is 5.56. The van der Waals surface area contributed by atoms with Crippen LogP contribution in [0.4, 0.5) is 0 Å². The van der Waals surface area contributed by atoms with Crippen molar-refractivity contribution < 1.29 is 5.11 Å². The smallest absolute Gasteiger partial charge is 0.0618 e. The molecule has 0 unspecified atom stereocenters. The van der Waals surface area contributed by atoms with Gasteiger partial charge in [-0.2, -0.15) is 0 Å². The summed E-state index contributed by atoms with van der Waals surface area (Å²) in [5, 5.41) is 13.6. The molecule has 92 valence electrons. The summed E-state index contributed by atoms with van der Waals surface area (Å²) in [5.74, 6) is 3.51. The van der Waals surface area contributed by atoms with Crippen LogP contribution >= 0.6 is 0 Å². The highest BCUT2D eigenvalue weighted by atomic mass is 16.3. The first-order valence-electron chi connectivity index (χ1n) is 7.14. The first kappa shape index (κ1) is 11.0. The van der Waals surface area contributed by atoms with Gasteiger partial charge in [0, 0.05) is 5.54 Å². The summed E-state index contributed by atoms with van der Waals surface area (Å²) >= 11 is 0. The lowest BCUT2D eigenvalue weighted by Gasteiger charge is -2.61. The van der Waals surface area contributed by atoms with Crippen molar-refractivity contribution in [2.45, 2.75) is 51.0 Å². The molecule has 0 amide bonds. The summed E-state index contributed by atoms with van der Waals surface area (Å²) in [4.78, 5) is 0. The third kappa shape index (κ3) is 1.46. The van der Waals surface area contributed by atoms with Crippen LogP contribution in [0.1, 0.15) is 45.4 Å². The number of nitrogens with one attached hydrogen (secondary N) is 1. The molecule has 2 heteroatoms. The van der Waals surface area contributed by atoms with E-state index < -0.39 is 0 Å². The Morgan fingerprint density at radius 2 is 1.62 bits per heavy atom. The van der Waals surface area contributed by atoms with Crippen LogP contribution in [0.3, 0.4) is 0 Å². The maximum atomic E-state index is 9.91. The van der Waals surface area contributed by atoms with Gasteiger partial charge in [-0.1, -0.05) is 6.92 Å². The lowest BCUT2D eigenvalue weighted by Crippen LogP contribution is -2.67. The Morgan fingerprint density at radius 3 is 2.06 bits per heavy atom. The van der Waals surface area contributed by atoms with Gasteiger partial charge in [-0.15, -0.1) is 0 Å². The van der Waals surface area contributed by atoms with Gasteiger partial charge in [0.05, 0.1) is 6.61 Å². The highest BCUT2D eigenvalue weighted by Crippen LogP contribution is 2.58. The van der Waals surface area contributed by atoms with E-state index in [1.165, 1.54) is 38.5 Å². The minimum Gasteiger partial charge on any atom is -0.394 e. The summed E-state index contributed by atoms with van der Waals surface area (Å²) in [6.45, 7) is 3.65. The van der Waals surface area contributed by atoms with Crippen molar-refractivity contribution in [3.8, 4) is 0 Å². The molecule has 0 atom stereocenters. The van der Waals surface area contributed by atoms with Crippen molar-refractivity contribution in [2.24, 2.45) is 23.7 Å². The van der Waals surface area contributed by atoms with Crippen LogP contribution < -0.4 is 5.32 Å². The van der Waals surface area contributed by atoms with E-state index in [0.717, 1.165) is 30.2 Å². The molecule has 0 saturated heterocycles. The molecule has 0 aromatic rings. The fourth-order valence-electron chi connectivity index (χ4n) is 4.99. The molecule has 0 aromatic heterocycles. The number of aliphatic hydroxyl groups excluding tert-OH is 1. The van der Waals surface area contributed by atoms with E-state index >= 15 is 0 Å². The number of aliphatic hydroxyl groups is 1. The van der Waals surface area contributed by atoms with E-state index in [-0.39, 0.29) is 5.54 Å². The maximum absolute atomic E-state index is 9.91. The zero-order valence-corrected chi connectivity index (χ0v) is 10.4. The number of hydrogen-bond donors (Lipinski definition) is 2. The molecule has 0 aliphatic heterocycles. The van der Waals surface area contributed by atoms with Crippen LogP contribution in [0.15, 0.2) is 0 Å². The van der Waals surface area contributed by atoms with Crippen LogP contribution in [0.2, 0.25) is 0 Å². The van der Waals surface area contributed by atoms with Gasteiger partial charge in [0.2, 0.25) is 0 Å². The van der Waals surface area contributed by atoms with Gasteiger partial charge >= 0.3 is 0 Å². The van der Waals surface area contributed by atoms with Crippen molar-refractivity contribution in [3.63, 3.8) is 0 Å². The normalized spacial score (nSPS) is 49.9. The Hall–Kier alpha value is -0.0800. The van der Waals surface area contributed by atoms with E-state index in [4.69, 9.17) is 0 Å². The lowest BCUT2D eigenvalue weighted by atomic mass is 9.48. The van der Waals surface area contributed by atoms with Crippen LogP contribution in [0.25, 0.3) is 0 Å². The van der Waals surface area contributed by atoms with Gasteiger partial charge in [-0.3, -0.25) is 0 Å². The Balaban J connectivity index is 1.82. The molecule has 0 spiro atoms. The SMILES string of the molecule is CCCNC1(CO)C2CC3CC(C2)CC1C3. The van der Waals surface area contributed by atoms with Crippen molar-refractivity contribution in [3.05, 3.63) is 0 Å². The molecule has 4 saturated carbocycles. The first-order valence-corrected chi connectivity index (χ1v) is 7.14. The van der Waals surface area contributed by atoms with Crippen LogP contribution in [0.5, 0.6) is 0 Å². The average Bonchev–Trinajstić information content (AvgIpc) is 2.28. The topological polar surface area (TPSA) is 32.3 Å². The molecule has 4 fully saturated rings. The minimum absolute atomic E-state index is 0.101. The first-order chi connectivity index (χ1) is 7.78. The second-order valence-corrected chi connectivity index (χ2v) is 6.43. The fourth-order valence-corrected chi connectivity index (χ4v) is 4.99. The van der Waals surface area contributed by atoms with Crippen LogP contribution in [0, 0.1) is 23.7 Å². The zero-order valence-electron chi connectivity index (χ0n) is 10.4. The Morgan fingerprint density at radius 1 is 1.06 bits per heavy atom. The van der Waals surface area contributed by atoms with Crippen molar-refractivity contribution in [2.75, 3.05) is 13.2 Å². The molecule has 4 bridgehead atoms. The van der Waals surface area contributed by atoms with Crippen molar-refractivity contribution in [1.29, 1.82) is 0 Å². The molecule has 0 heterocycles. The van der Waals surface area contributed by atoms with Crippen LogP contribution in [-0.4, -0.2) is 23.8 Å².